The van der Waals surface area contributed by atoms with Crippen molar-refractivity contribution in [3.8, 4) is 5.69 Å². The summed E-state index contributed by atoms with van der Waals surface area (Å²) in [4.78, 5) is 17.8. The first-order valence-electron chi connectivity index (χ1n) is 9.21. The zero-order valence-electron chi connectivity index (χ0n) is 16.2. The highest BCUT2D eigenvalue weighted by Crippen LogP contribution is 2.25. The topological polar surface area (TPSA) is 85.0 Å². The number of carbonyl (C=O) groups excluding carboxylic acids is 1. The van der Waals surface area contributed by atoms with Crippen LogP contribution in [0.4, 0.5) is 5.95 Å². The summed E-state index contributed by atoms with van der Waals surface area (Å²) in [5, 5.41) is 17.8. The first-order chi connectivity index (χ1) is 14.0. The van der Waals surface area contributed by atoms with Gasteiger partial charge in [-0.15, -0.1) is 10.2 Å². The summed E-state index contributed by atoms with van der Waals surface area (Å²) in [5.74, 6) is 1.52. The van der Waals surface area contributed by atoms with Gasteiger partial charge in [-0.05, 0) is 24.3 Å². The Morgan fingerprint density at radius 2 is 1.86 bits per heavy atom. The molecule has 2 aromatic heterocycles. The SMILES string of the molecule is CN(C)C=C1CN(c2nnc(Cn3nccn3)n2-c2ccc(Cl)cc2)CCC1=O. The molecule has 0 spiro atoms. The smallest absolute Gasteiger partial charge is 0.232 e. The van der Waals surface area contributed by atoms with E-state index in [1.807, 2.05) is 54.0 Å². The summed E-state index contributed by atoms with van der Waals surface area (Å²) in [6, 6.07) is 7.49. The van der Waals surface area contributed by atoms with Crippen LogP contribution in [0.2, 0.25) is 5.02 Å². The van der Waals surface area contributed by atoms with Crippen LogP contribution >= 0.6 is 11.6 Å². The maximum absolute atomic E-state index is 12.3. The number of carbonyl (C=O) groups is 1. The van der Waals surface area contributed by atoms with E-state index < -0.39 is 0 Å². The maximum atomic E-state index is 12.3. The van der Waals surface area contributed by atoms with Gasteiger partial charge in [-0.3, -0.25) is 9.36 Å². The Bertz CT molecular complexity index is 1020. The van der Waals surface area contributed by atoms with Crippen molar-refractivity contribution in [2.75, 3.05) is 32.1 Å². The average molecular weight is 413 g/mol. The van der Waals surface area contributed by atoms with Gasteiger partial charge in [-0.2, -0.15) is 15.0 Å². The molecule has 0 unspecified atom stereocenters. The molecule has 3 aromatic rings. The van der Waals surface area contributed by atoms with Gasteiger partial charge < -0.3 is 9.80 Å². The largest absolute Gasteiger partial charge is 0.383 e. The molecule has 0 radical (unpaired) electrons. The quantitative estimate of drug-likeness (QED) is 0.590. The minimum Gasteiger partial charge on any atom is -0.383 e. The fourth-order valence-corrected chi connectivity index (χ4v) is 3.41. The van der Waals surface area contributed by atoms with Crippen LogP contribution in [0.3, 0.4) is 0 Å². The van der Waals surface area contributed by atoms with Crippen molar-refractivity contribution in [3.63, 3.8) is 0 Å². The molecule has 1 aliphatic rings. The molecule has 1 aliphatic heterocycles. The van der Waals surface area contributed by atoms with Crippen LogP contribution in [0.1, 0.15) is 12.2 Å². The van der Waals surface area contributed by atoms with E-state index in [0.29, 0.717) is 42.9 Å². The first kappa shape index (κ1) is 19.1. The van der Waals surface area contributed by atoms with E-state index >= 15 is 0 Å². The monoisotopic (exact) mass is 412 g/mol. The van der Waals surface area contributed by atoms with Crippen LogP contribution in [0.5, 0.6) is 0 Å². The molecule has 0 aliphatic carbocycles. The standard InChI is InChI=1S/C19H21ClN8O/c1-25(2)11-14-12-26(10-7-17(14)29)19-24-23-18(13-27-21-8-9-22-27)28(19)16-5-3-15(20)4-6-16/h3-6,8-9,11H,7,10,12-13H2,1-2H3. The van der Waals surface area contributed by atoms with Crippen LogP contribution in [-0.2, 0) is 11.3 Å². The first-order valence-corrected chi connectivity index (χ1v) is 9.58. The van der Waals surface area contributed by atoms with Gasteiger partial charge in [0.05, 0.1) is 24.6 Å². The molecule has 0 amide bonds. The molecular formula is C19H21ClN8O. The average Bonchev–Trinajstić information content (AvgIpc) is 3.34. The summed E-state index contributed by atoms with van der Waals surface area (Å²) in [7, 11) is 3.81. The zero-order valence-corrected chi connectivity index (χ0v) is 17.0. The zero-order chi connectivity index (χ0) is 20.4. The Labute approximate surface area is 173 Å². The molecule has 29 heavy (non-hydrogen) atoms. The van der Waals surface area contributed by atoms with Gasteiger partial charge in [0.25, 0.3) is 0 Å². The van der Waals surface area contributed by atoms with E-state index in [2.05, 4.69) is 25.3 Å². The van der Waals surface area contributed by atoms with E-state index in [9.17, 15) is 4.79 Å². The molecule has 0 saturated carbocycles. The lowest BCUT2D eigenvalue weighted by molar-refractivity contribution is -0.116. The highest BCUT2D eigenvalue weighted by Gasteiger charge is 2.27. The Morgan fingerprint density at radius 3 is 2.55 bits per heavy atom. The Morgan fingerprint density at radius 1 is 1.14 bits per heavy atom. The minimum absolute atomic E-state index is 0.161. The van der Waals surface area contributed by atoms with Crippen LogP contribution in [0, 0.1) is 0 Å². The van der Waals surface area contributed by atoms with E-state index in [0.717, 1.165) is 11.3 Å². The molecule has 0 atom stereocenters. The number of piperidine rings is 1. The third-order valence-corrected chi connectivity index (χ3v) is 4.82. The van der Waals surface area contributed by atoms with E-state index in [4.69, 9.17) is 11.6 Å². The molecule has 1 fully saturated rings. The molecule has 0 bridgehead atoms. The fraction of sp³-hybridized carbons (Fsp3) is 0.316. The molecular weight excluding hydrogens is 392 g/mol. The lowest BCUT2D eigenvalue weighted by Crippen LogP contribution is -2.38. The van der Waals surface area contributed by atoms with Crippen molar-refractivity contribution >= 4 is 23.3 Å². The van der Waals surface area contributed by atoms with Gasteiger partial charge in [0.2, 0.25) is 5.95 Å². The van der Waals surface area contributed by atoms with Gasteiger partial charge in [0.15, 0.2) is 11.6 Å². The van der Waals surface area contributed by atoms with Crippen LogP contribution < -0.4 is 4.90 Å². The van der Waals surface area contributed by atoms with E-state index in [1.165, 1.54) is 0 Å². The third kappa shape index (κ3) is 4.14. The van der Waals surface area contributed by atoms with Crippen molar-refractivity contribution in [3.05, 3.63) is 59.3 Å². The Kier molecular flexibility index (Phi) is 5.30. The number of Topliss-reactive ketones (excluding diaryl/α,β-unsaturated/α-hetero) is 1. The molecule has 1 saturated heterocycles. The summed E-state index contributed by atoms with van der Waals surface area (Å²) in [6.07, 6.45) is 5.55. The summed E-state index contributed by atoms with van der Waals surface area (Å²) < 4.78 is 1.96. The molecule has 1 aromatic carbocycles. The normalized spacial score (nSPS) is 15.9. The predicted molar refractivity (Wildman–Crippen MR) is 109 cm³/mol. The lowest BCUT2D eigenvalue weighted by Gasteiger charge is -2.29. The highest BCUT2D eigenvalue weighted by atomic mass is 35.5. The van der Waals surface area contributed by atoms with Gasteiger partial charge in [0, 0.05) is 43.9 Å². The summed E-state index contributed by atoms with van der Waals surface area (Å²) >= 11 is 6.08. The molecule has 9 nitrogen and oxygen atoms in total. The number of nitrogens with zero attached hydrogens (tertiary/aromatic N) is 8. The number of rotatable bonds is 5. The molecule has 3 heterocycles. The van der Waals surface area contributed by atoms with Gasteiger partial charge in [-0.1, -0.05) is 11.6 Å². The summed E-state index contributed by atoms with van der Waals surface area (Å²) in [5.41, 5.74) is 1.63. The van der Waals surface area contributed by atoms with Gasteiger partial charge in [0.1, 0.15) is 6.54 Å². The molecule has 0 N–H and O–H groups in total. The van der Waals surface area contributed by atoms with Crippen molar-refractivity contribution < 1.29 is 4.79 Å². The molecule has 10 heteroatoms. The number of aromatic nitrogens is 6. The molecule has 4 rings (SSSR count). The van der Waals surface area contributed by atoms with Crippen LogP contribution in [0.25, 0.3) is 5.69 Å². The number of halogens is 1. The van der Waals surface area contributed by atoms with Gasteiger partial charge >= 0.3 is 0 Å². The number of anilines is 1. The number of benzene rings is 1. The fourth-order valence-electron chi connectivity index (χ4n) is 3.29. The van der Waals surface area contributed by atoms with Crippen molar-refractivity contribution in [2.24, 2.45) is 0 Å². The highest BCUT2D eigenvalue weighted by molar-refractivity contribution is 6.30. The second-order valence-electron chi connectivity index (χ2n) is 7.00. The number of ketones is 1. The van der Waals surface area contributed by atoms with Crippen molar-refractivity contribution in [1.82, 2.24) is 34.7 Å². The minimum atomic E-state index is 0.161. The lowest BCUT2D eigenvalue weighted by atomic mass is 10.0. The van der Waals surface area contributed by atoms with Crippen LogP contribution in [-0.4, -0.2) is 67.6 Å². The Balaban J connectivity index is 1.74. The van der Waals surface area contributed by atoms with Gasteiger partial charge in [-0.25, -0.2) is 0 Å². The molecule has 150 valence electrons. The summed E-state index contributed by atoms with van der Waals surface area (Å²) in [6.45, 7) is 1.42. The predicted octanol–water partition coefficient (Wildman–Crippen LogP) is 1.79. The van der Waals surface area contributed by atoms with Crippen molar-refractivity contribution in [1.29, 1.82) is 0 Å². The Hall–Kier alpha value is -3.20. The number of hydrogen-bond donors (Lipinski definition) is 0. The van der Waals surface area contributed by atoms with Crippen molar-refractivity contribution in [2.45, 2.75) is 13.0 Å². The second kappa shape index (κ2) is 8.04. The van der Waals surface area contributed by atoms with E-state index in [-0.39, 0.29) is 5.78 Å². The maximum Gasteiger partial charge on any atom is 0.232 e. The number of hydrogen-bond acceptors (Lipinski definition) is 7. The second-order valence-corrected chi connectivity index (χ2v) is 7.44. The van der Waals surface area contributed by atoms with E-state index in [1.54, 1.807) is 17.2 Å². The van der Waals surface area contributed by atoms with Crippen LogP contribution in [0.15, 0.2) is 48.4 Å². The third-order valence-electron chi connectivity index (χ3n) is 4.57.